The van der Waals surface area contributed by atoms with Gasteiger partial charge < -0.3 is 10.2 Å². The van der Waals surface area contributed by atoms with E-state index < -0.39 is 17.1 Å². The summed E-state index contributed by atoms with van der Waals surface area (Å²) in [4.78, 5) is 25.6. The summed E-state index contributed by atoms with van der Waals surface area (Å²) in [7, 11) is 0. The number of nitrogens with zero attached hydrogens (tertiary/aromatic N) is 1. The van der Waals surface area contributed by atoms with Crippen molar-refractivity contribution >= 4 is 23.6 Å². The van der Waals surface area contributed by atoms with E-state index in [2.05, 4.69) is 5.32 Å². The zero-order chi connectivity index (χ0) is 15.6. The van der Waals surface area contributed by atoms with Gasteiger partial charge in [0.15, 0.2) is 0 Å². The van der Waals surface area contributed by atoms with Crippen LogP contribution < -0.4 is 5.32 Å². The number of thioether (sulfide) groups is 1. The van der Waals surface area contributed by atoms with Gasteiger partial charge in [0.05, 0.1) is 0 Å². The Labute approximate surface area is 120 Å². The summed E-state index contributed by atoms with van der Waals surface area (Å²) in [5.41, 5.74) is -5.30. The molecule has 0 spiro atoms. The molecule has 0 aromatic heterocycles. The zero-order valence-electron chi connectivity index (χ0n) is 11.7. The van der Waals surface area contributed by atoms with Crippen LogP contribution in [0.25, 0.3) is 0 Å². The number of nitrogens with one attached hydrogen (secondary N) is 1. The lowest BCUT2D eigenvalue weighted by molar-refractivity contribution is -0.154. The fraction of sp³-hybridized carbons (Fsp3) is 0.833. The van der Waals surface area contributed by atoms with E-state index in [4.69, 9.17) is 0 Å². The summed E-state index contributed by atoms with van der Waals surface area (Å²) in [6.07, 6.45) is 0.841. The van der Waals surface area contributed by atoms with Crippen molar-refractivity contribution in [3.8, 4) is 0 Å². The third-order valence-corrected chi connectivity index (χ3v) is 4.40. The van der Waals surface area contributed by atoms with E-state index in [0.29, 0.717) is 12.8 Å². The Bertz CT molecular complexity index is 383. The fourth-order valence-corrected chi connectivity index (χ4v) is 2.79. The molecule has 0 aromatic rings. The summed E-state index contributed by atoms with van der Waals surface area (Å²) in [5, 5.41) is 2.71. The van der Waals surface area contributed by atoms with Crippen LogP contribution in [0, 0.1) is 0 Å². The van der Waals surface area contributed by atoms with Crippen molar-refractivity contribution in [2.24, 2.45) is 0 Å². The highest BCUT2D eigenvalue weighted by Gasteiger charge is 2.47. The first-order valence-corrected chi connectivity index (χ1v) is 7.49. The molecule has 1 rings (SSSR count). The summed E-state index contributed by atoms with van der Waals surface area (Å²) in [6, 6.07) is -0.734. The Balaban J connectivity index is 2.81. The number of piperazine rings is 1. The van der Waals surface area contributed by atoms with Crippen LogP contribution in [0.15, 0.2) is 0 Å². The summed E-state index contributed by atoms with van der Waals surface area (Å²) in [5.74, 6) is -0.876. The summed E-state index contributed by atoms with van der Waals surface area (Å²) < 4.78 is 36.4. The average Bonchev–Trinajstić information content (AvgIpc) is 2.37. The van der Waals surface area contributed by atoms with Gasteiger partial charge in [-0.25, -0.2) is 0 Å². The molecule has 1 heterocycles. The minimum atomic E-state index is -4.32. The van der Waals surface area contributed by atoms with Crippen LogP contribution in [0.2, 0.25) is 0 Å². The van der Waals surface area contributed by atoms with Crippen molar-refractivity contribution < 1.29 is 22.8 Å². The molecule has 1 aliphatic rings. The number of hydrogen-bond donors (Lipinski definition) is 1. The Morgan fingerprint density at radius 2 is 1.85 bits per heavy atom. The van der Waals surface area contributed by atoms with Crippen LogP contribution in [0.3, 0.4) is 0 Å². The van der Waals surface area contributed by atoms with Gasteiger partial charge in [-0.1, -0.05) is 13.8 Å². The van der Waals surface area contributed by atoms with Crippen molar-refractivity contribution in [1.82, 2.24) is 10.2 Å². The van der Waals surface area contributed by atoms with Gasteiger partial charge in [0.1, 0.15) is 11.6 Å². The number of amides is 2. The minimum absolute atomic E-state index is 0.0840. The topological polar surface area (TPSA) is 49.4 Å². The van der Waals surface area contributed by atoms with E-state index in [9.17, 15) is 22.8 Å². The first kappa shape index (κ1) is 17.1. The molecule has 116 valence electrons. The van der Waals surface area contributed by atoms with Crippen molar-refractivity contribution in [2.45, 2.75) is 50.7 Å². The monoisotopic (exact) mass is 312 g/mol. The SMILES string of the molecule is CCC1(CC)NC(=O)C(C)N(CCSC(F)(F)F)C1=O. The summed E-state index contributed by atoms with van der Waals surface area (Å²) in [6.45, 7) is 5.00. The third kappa shape index (κ3) is 3.59. The molecule has 1 saturated heterocycles. The first-order chi connectivity index (χ1) is 9.17. The third-order valence-electron chi connectivity index (χ3n) is 3.68. The standard InChI is InChI=1S/C12H19F3N2O2S/c1-4-11(5-2)10(19)17(8(3)9(18)16-11)6-7-20-12(13,14)15/h8H,4-7H2,1-3H3,(H,16,18). The quantitative estimate of drug-likeness (QED) is 0.846. The average molecular weight is 312 g/mol. The van der Waals surface area contributed by atoms with E-state index in [0.717, 1.165) is 0 Å². The highest BCUT2D eigenvalue weighted by Crippen LogP contribution is 2.31. The molecule has 0 bridgehead atoms. The second kappa shape index (κ2) is 6.24. The van der Waals surface area contributed by atoms with E-state index in [1.54, 1.807) is 13.8 Å². The number of halogens is 3. The Kier molecular flexibility index (Phi) is 5.34. The summed E-state index contributed by atoms with van der Waals surface area (Å²) >= 11 is -0.178. The fourth-order valence-electron chi connectivity index (χ4n) is 2.27. The van der Waals surface area contributed by atoms with Crippen LogP contribution in [0.1, 0.15) is 33.6 Å². The normalized spacial score (nSPS) is 22.9. The van der Waals surface area contributed by atoms with Crippen molar-refractivity contribution in [3.05, 3.63) is 0 Å². The Hall–Kier alpha value is -0.920. The second-order valence-corrected chi connectivity index (χ2v) is 5.91. The molecule has 4 nitrogen and oxygen atoms in total. The molecule has 0 radical (unpaired) electrons. The Morgan fingerprint density at radius 3 is 2.30 bits per heavy atom. The largest absolute Gasteiger partial charge is 0.441 e. The molecule has 20 heavy (non-hydrogen) atoms. The van der Waals surface area contributed by atoms with Gasteiger partial charge in [0, 0.05) is 12.3 Å². The molecule has 1 aliphatic heterocycles. The zero-order valence-corrected chi connectivity index (χ0v) is 12.5. The van der Waals surface area contributed by atoms with E-state index in [-0.39, 0.29) is 35.9 Å². The molecule has 0 aromatic carbocycles. The molecule has 8 heteroatoms. The van der Waals surface area contributed by atoms with Gasteiger partial charge in [0.25, 0.3) is 0 Å². The van der Waals surface area contributed by atoms with Gasteiger partial charge in [-0.3, -0.25) is 9.59 Å². The molecular weight excluding hydrogens is 293 g/mol. The number of rotatable bonds is 5. The number of alkyl halides is 3. The number of hydrogen-bond acceptors (Lipinski definition) is 3. The van der Waals surface area contributed by atoms with Crippen LogP contribution >= 0.6 is 11.8 Å². The highest BCUT2D eigenvalue weighted by atomic mass is 32.2. The number of carbonyl (C=O) groups excluding carboxylic acids is 2. The maximum absolute atomic E-state index is 12.4. The smallest absolute Gasteiger partial charge is 0.340 e. The molecule has 1 N–H and O–H groups in total. The minimum Gasteiger partial charge on any atom is -0.340 e. The second-order valence-electron chi connectivity index (χ2n) is 4.75. The molecule has 0 aliphatic carbocycles. The first-order valence-electron chi connectivity index (χ1n) is 6.50. The lowest BCUT2D eigenvalue weighted by atomic mass is 9.87. The molecule has 1 fully saturated rings. The molecule has 0 saturated carbocycles. The lowest BCUT2D eigenvalue weighted by Crippen LogP contribution is -2.69. The lowest BCUT2D eigenvalue weighted by Gasteiger charge is -2.44. The van der Waals surface area contributed by atoms with Crippen LogP contribution in [-0.2, 0) is 9.59 Å². The molecule has 2 amide bonds. The predicted octanol–water partition coefficient (Wildman–Crippen LogP) is 2.15. The van der Waals surface area contributed by atoms with Gasteiger partial charge in [-0.05, 0) is 31.5 Å². The van der Waals surface area contributed by atoms with Gasteiger partial charge in [-0.15, -0.1) is 0 Å². The maximum atomic E-state index is 12.4. The van der Waals surface area contributed by atoms with Crippen molar-refractivity contribution in [3.63, 3.8) is 0 Å². The van der Waals surface area contributed by atoms with Crippen LogP contribution in [0.5, 0.6) is 0 Å². The number of carbonyl (C=O) groups is 2. The van der Waals surface area contributed by atoms with Crippen molar-refractivity contribution in [1.29, 1.82) is 0 Å². The van der Waals surface area contributed by atoms with Crippen LogP contribution in [-0.4, -0.2) is 46.1 Å². The molecular formula is C12H19F3N2O2S. The van der Waals surface area contributed by atoms with Gasteiger partial charge >= 0.3 is 5.51 Å². The Morgan fingerprint density at radius 1 is 1.30 bits per heavy atom. The highest BCUT2D eigenvalue weighted by molar-refractivity contribution is 8.00. The maximum Gasteiger partial charge on any atom is 0.441 e. The van der Waals surface area contributed by atoms with Gasteiger partial charge in [0.2, 0.25) is 11.8 Å². The van der Waals surface area contributed by atoms with E-state index in [1.807, 2.05) is 0 Å². The van der Waals surface area contributed by atoms with E-state index in [1.165, 1.54) is 11.8 Å². The van der Waals surface area contributed by atoms with Crippen molar-refractivity contribution in [2.75, 3.05) is 12.3 Å². The van der Waals surface area contributed by atoms with Crippen LogP contribution in [0.4, 0.5) is 13.2 Å². The molecule has 1 atom stereocenters. The molecule has 1 unspecified atom stereocenters. The predicted molar refractivity (Wildman–Crippen MR) is 71.1 cm³/mol. The van der Waals surface area contributed by atoms with Gasteiger partial charge in [-0.2, -0.15) is 13.2 Å². The van der Waals surface area contributed by atoms with E-state index >= 15 is 0 Å².